The van der Waals surface area contributed by atoms with E-state index in [0.717, 1.165) is 0 Å². The van der Waals surface area contributed by atoms with Crippen LogP contribution < -0.4 is 10.2 Å². The molecule has 0 spiro atoms. The summed E-state index contributed by atoms with van der Waals surface area (Å²) >= 11 is 0. The van der Waals surface area contributed by atoms with E-state index in [1.807, 2.05) is 0 Å². The van der Waals surface area contributed by atoms with Crippen molar-refractivity contribution in [3.05, 3.63) is 0 Å². The molecule has 0 unspecified atom stereocenters. The van der Waals surface area contributed by atoms with E-state index < -0.39 is 22.8 Å². The first-order chi connectivity index (χ1) is 5.89. The van der Waals surface area contributed by atoms with E-state index in [1.165, 1.54) is 0 Å². The van der Waals surface area contributed by atoms with E-state index in [-0.39, 0.29) is 27.7 Å². The molecule has 0 radical (unpaired) electrons. The van der Waals surface area contributed by atoms with Gasteiger partial charge in [-0.25, -0.2) is 0 Å². The molecule has 84 valence electrons. The zero-order chi connectivity index (χ0) is 12.2. The minimum absolute atomic E-state index is 0. The maximum absolute atomic E-state index is 9.91. The molecule has 0 N–H and O–H groups in total. The van der Waals surface area contributed by atoms with Crippen LogP contribution in [0, 0.1) is 10.8 Å². The molecular formula is C10H18HgO4. The van der Waals surface area contributed by atoms with E-state index in [0.29, 0.717) is 0 Å². The Labute approximate surface area is 112 Å². The zero-order valence-corrected chi connectivity index (χ0v) is 15.8. The first-order valence-corrected chi connectivity index (χ1v) is 4.32. The molecule has 0 bridgehead atoms. The van der Waals surface area contributed by atoms with Gasteiger partial charge in [-0.15, -0.1) is 0 Å². The van der Waals surface area contributed by atoms with E-state index in [4.69, 9.17) is 0 Å². The molecule has 5 heteroatoms. The summed E-state index contributed by atoms with van der Waals surface area (Å²) < 4.78 is 0. The molecule has 4 nitrogen and oxygen atoms in total. The quantitative estimate of drug-likeness (QED) is 0.515. The number of hydrogen-bond donors (Lipinski definition) is 0. The van der Waals surface area contributed by atoms with Gasteiger partial charge in [0.25, 0.3) is 0 Å². The van der Waals surface area contributed by atoms with Gasteiger partial charge in [0.1, 0.15) is 0 Å². The Bertz CT molecular complexity index is 186. The van der Waals surface area contributed by atoms with Crippen molar-refractivity contribution >= 4 is 11.9 Å². The van der Waals surface area contributed by atoms with Crippen LogP contribution in [0.25, 0.3) is 0 Å². The van der Waals surface area contributed by atoms with Crippen LogP contribution in [-0.4, -0.2) is 11.9 Å². The summed E-state index contributed by atoms with van der Waals surface area (Å²) in [5.74, 6) is -2.01. The molecule has 0 atom stereocenters. The number of carboxylic acids is 2. The fourth-order valence-electron chi connectivity index (χ4n) is 0. The Hall–Kier alpha value is -0.125. The second-order valence-electron chi connectivity index (χ2n) is 5.07. The third-order valence-corrected chi connectivity index (χ3v) is 1.22. The Kier molecular flexibility index (Phi) is 9.75. The largest absolute Gasteiger partial charge is 2.00 e. The number of hydrogen-bond acceptors (Lipinski definition) is 4. The van der Waals surface area contributed by atoms with Crippen molar-refractivity contribution in [1.29, 1.82) is 0 Å². The van der Waals surface area contributed by atoms with Gasteiger partial charge < -0.3 is 19.8 Å². The molecule has 0 aromatic carbocycles. The average Bonchev–Trinajstić information content (AvgIpc) is 1.83. The molecule has 15 heavy (non-hydrogen) atoms. The van der Waals surface area contributed by atoms with Crippen LogP contribution >= 0.6 is 0 Å². The molecular weight excluding hydrogens is 385 g/mol. The van der Waals surface area contributed by atoms with Crippen molar-refractivity contribution < 1.29 is 47.5 Å². The van der Waals surface area contributed by atoms with Crippen LogP contribution in [0.5, 0.6) is 0 Å². The van der Waals surface area contributed by atoms with Crippen LogP contribution in [0.2, 0.25) is 0 Å². The van der Waals surface area contributed by atoms with E-state index in [1.54, 1.807) is 41.5 Å². The van der Waals surface area contributed by atoms with Crippen LogP contribution in [-0.2, 0) is 37.3 Å². The molecule has 0 heterocycles. The van der Waals surface area contributed by atoms with Gasteiger partial charge in [0.05, 0.1) is 0 Å². The molecule has 0 aromatic heterocycles. The second-order valence-corrected chi connectivity index (χ2v) is 5.07. The van der Waals surface area contributed by atoms with Gasteiger partial charge in [-0.3, -0.25) is 0 Å². The van der Waals surface area contributed by atoms with Gasteiger partial charge in [0.15, 0.2) is 0 Å². The third kappa shape index (κ3) is 13.9. The summed E-state index contributed by atoms with van der Waals surface area (Å²) in [6.45, 7) is 9.60. The SMILES string of the molecule is CC(C)(C)C(=O)[O-].CC(C)(C)C(=O)[O-].[Hg+2]. The van der Waals surface area contributed by atoms with Gasteiger partial charge in [-0.1, -0.05) is 41.5 Å². The summed E-state index contributed by atoms with van der Waals surface area (Å²) in [6, 6.07) is 0. The zero-order valence-electron chi connectivity index (χ0n) is 10.3. The predicted octanol–water partition coefficient (Wildman–Crippen LogP) is -0.438. The van der Waals surface area contributed by atoms with E-state index in [2.05, 4.69) is 0 Å². The first kappa shape index (κ1) is 20.3. The van der Waals surface area contributed by atoms with Crippen LogP contribution in [0.3, 0.4) is 0 Å². The molecule has 0 saturated heterocycles. The van der Waals surface area contributed by atoms with Crippen LogP contribution in [0.15, 0.2) is 0 Å². The maximum Gasteiger partial charge on any atom is 2.00 e. The Morgan fingerprint density at radius 2 is 0.800 bits per heavy atom. The van der Waals surface area contributed by atoms with Gasteiger partial charge in [-0.2, -0.15) is 0 Å². The molecule has 0 aromatic rings. The number of carbonyl (C=O) groups excluding carboxylic acids is 2. The fraction of sp³-hybridized carbons (Fsp3) is 0.800. The average molecular weight is 403 g/mol. The normalized spacial score (nSPS) is 10.5. The molecule has 0 fully saturated rings. The molecule has 0 amide bonds. The van der Waals surface area contributed by atoms with E-state index in [9.17, 15) is 19.8 Å². The van der Waals surface area contributed by atoms with Gasteiger partial charge in [0.2, 0.25) is 0 Å². The molecule has 0 aliphatic rings. The molecule has 0 saturated carbocycles. The number of aliphatic carboxylic acids is 2. The van der Waals surface area contributed by atoms with Crippen LogP contribution in [0.4, 0.5) is 0 Å². The summed E-state index contributed by atoms with van der Waals surface area (Å²) in [4.78, 5) is 19.8. The van der Waals surface area contributed by atoms with Crippen molar-refractivity contribution in [3.63, 3.8) is 0 Å². The Morgan fingerprint density at radius 1 is 0.733 bits per heavy atom. The predicted molar refractivity (Wildman–Crippen MR) is 48.9 cm³/mol. The summed E-state index contributed by atoms with van der Waals surface area (Å²) in [5, 5.41) is 19.8. The minimum Gasteiger partial charge on any atom is -0.550 e. The number of rotatable bonds is 0. The van der Waals surface area contributed by atoms with Crippen molar-refractivity contribution in [2.45, 2.75) is 41.5 Å². The van der Waals surface area contributed by atoms with Gasteiger partial charge >= 0.3 is 27.7 Å². The summed E-state index contributed by atoms with van der Waals surface area (Å²) in [6.07, 6.45) is 0. The summed E-state index contributed by atoms with van der Waals surface area (Å²) in [5.41, 5.74) is -1.39. The fourth-order valence-corrected chi connectivity index (χ4v) is 0. The number of carboxylic acid groups (broad SMARTS) is 2. The number of carbonyl (C=O) groups is 2. The minimum atomic E-state index is -1.01. The smallest absolute Gasteiger partial charge is 0.550 e. The third-order valence-electron chi connectivity index (χ3n) is 1.22. The van der Waals surface area contributed by atoms with E-state index >= 15 is 0 Å². The topological polar surface area (TPSA) is 80.3 Å². The monoisotopic (exact) mass is 404 g/mol. The maximum atomic E-state index is 9.91. The van der Waals surface area contributed by atoms with Gasteiger partial charge in [-0.05, 0) is 0 Å². The van der Waals surface area contributed by atoms with Crippen molar-refractivity contribution in [1.82, 2.24) is 0 Å². The molecule has 0 aliphatic carbocycles. The molecule has 0 rings (SSSR count). The molecule has 0 aliphatic heterocycles. The van der Waals surface area contributed by atoms with Crippen molar-refractivity contribution in [2.75, 3.05) is 0 Å². The Morgan fingerprint density at radius 3 is 0.800 bits per heavy atom. The Balaban J connectivity index is -0.000000180. The second kappa shape index (κ2) is 7.20. The summed E-state index contributed by atoms with van der Waals surface area (Å²) in [7, 11) is 0. The van der Waals surface area contributed by atoms with Crippen molar-refractivity contribution in [2.24, 2.45) is 10.8 Å². The van der Waals surface area contributed by atoms with Crippen LogP contribution in [0.1, 0.15) is 41.5 Å². The first-order valence-electron chi connectivity index (χ1n) is 4.32. The van der Waals surface area contributed by atoms with Crippen molar-refractivity contribution in [3.8, 4) is 0 Å². The standard InChI is InChI=1S/2C5H10O2.Hg/c2*1-5(2,3)4(6)7;/h2*1-3H3,(H,6,7);/q;;+2/p-2. The van der Waals surface area contributed by atoms with Gasteiger partial charge in [0, 0.05) is 22.8 Å².